The van der Waals surface area contributed by atoms with Crippen LogP contribution in [0.2, 0.25) is 0 Å². The second-order valence-electron chi connectivity index (χ2n) is 4.07. The average Bonchev–Trinajstić information content (AvgIpc) is 2.82. The molecule has 2 heterocycles. The van der Waals surface area contributed by atoms with Crippen LogP contribution in [0.4, 0.5) is 5.82 Å². The van der Waals surface area contributed by atoms with Gasteiger partial charge in [-0.1, -0.05) is 0 Å². The van der Waals surface area contributed by atoms with Gasteiger partial charge in [0.15, 0.2) is 5.82 Å². The van der Waals surface area contributed by atoms with Crippen LogP contribution in [0.3, 0.4) is 0 Å². The first kappa shape index (κ1) is 11.8. The molecular formula is C11H16N4O2. The Morgan fingerprint density at radius 3 is 2.94 bits per heavy atom. The highest BCUT2D eigenvalue weighted by atomic mass is 16.4. The number of likely N-dealkylation sites (tertiary alicyclic amines) is 1. The van der Waals surface area contributed by atoms with E-state index in [4.69, 9.17) is 5.11 Å². The van der Waals surface area contributed by atoms with Gasteiger partial charge < -0.3 is 15.3 Å². The van der Waals surface area contributed by atoms with Gasteiger partial charge in [-0.2, -0.15) is 5.10 Å². The van der Waals surface area contributed by atoms with Gasteiger partial charge in [0.25, 0.3) is 0 Å². The number of aromatic carboxylic acids is 1. The van der Waals surface area contributed by atoms with Crippen LogP contribution in [0.25, 0.3) is 0 Å². The molecule has 1 aliphatic heterocycles. The average molecular weight is 236 g/mol. The number of anilines is 1. The molecule has 0 amide bonds. The Balaban J connectivity index is 1.87. The zero-order chi connectivity index (χ0) is 12.1. The lowest BCUT2D eigenvalue weighted by Gasteiger charge is -2.15. The number of nitrogens with one attached hydrogen (secondary N) is 1. The summed E-state index contributed by atoms with van der Waals surface area (Å²) in [6, 6.07) is 1.45. The van der Waals surface area contributed by atoms with Crippen molar-refractivity contribution in [3.8, 4) is 0 Å². The van der Waals surface area contributed by atoms with Crippen molar-refractivity contribution in [2.24, 2.45) is 0 Å². The van der Waals surface area contributed by atoms with E-state index in [0.29, 0.717) is 12.4 Å². The molecule has 2 rings (SSSR count). The molecule has 0 unspecified atom stereocenters. The number of carboxylic acid groups (broad SMARTS) is 1. The number of nitrogens with zero attached hydrogens (tertiary/aromatic N) is 3. The number of rotatable bonds is 5. The van der Waals surface area contributed by atoms with Gasteiger partial charge in [-0.05, 0) is 32.0 Å². The molecule has 0 saturated carbocycles. The van der Waals surface area contributed by atoms with Gasteiger partial charge in [0.2, 0.25) is 0 Å². The normalized spacial score (nSPS) is 16.0. The molecule has 6 nitrogen and oxygen atoms in total. The van der Waals surface area contributed by atoms with Gasteiger partial charge in [0.05, 0.1) is 6.20 Å². The quantitative estimate of drug-likeness (QED) is 0.783. The van der Waals surface area contributed by atoms with Crippen molar-refractivity contribution in [1.29, 1.82) is 0 Å². The third-order valence-electron chi connectivity index (χ3n) is 2.87. The fourth-order valence-corrected chi connectivity index (χ4v) is 1.97. The number of aromatic nitrogens is 2. The zero-order valence-corrected chi connectivity index (χ0v) is 9.59. The zero-order valence-electron chi connectivity index (χ0n) is 9.59. The molecule has 0 atom stereocenters. The molecule has 1 aromatic heterocycles. The Morgan fingerprint density at radius 2 is 2.24 bits per heavy atom. The maximum atomic E-state index is 10.9. The Kier molecular flexibility index (Phi) is 3.87. The largest absolute Gasteiger partial charge is 0.478 e. The number of carboxylic acids is 1. The highest BCUT2D eigenvalue weighted by molar-refractivity contribution is 5.92. The molecule has 17 heavy (non-hydrogen) atoms. The fourth-order valence-electron chi connectivity index (χ4n) is 1.97. The summed E-state index contributed by atoms with van der Waals surface area (Å²) in [5, 5.41) is 19.5. The molecule has 6 heteroatoms. The molecule has 0 bridgehead atoms. The lowest BCUT2D eigenvalue weighted by molar-refractivity contribution is 0.0697. The van der Waals surface area contributed by atoms with E-state index in [2.05, 4.69) is 20.4 Å². The number of carbonyl (C=O) groups is 1. The van der Waals surface area contributed by atoms with Crippen molar-refractivity contribution in [1.82, 2.24) is 15.1 Å². The summed E-state index contributed by atoms with van der Waals surface area (Å²) < 4.78 is 0. The van der Waals surface area contributed by atoms with Crippen LogP contribution >= 0.6 is 0 Å². The monoisotopic (exact) mass is 236 g/mol. The van der Waals surface area contributed by atoms with Crippen LogP contribution in [0.15, 0.2) is 12.3 Å². The summed E-state index contributed by atoms with van der Waals surface area (Å²) >= 11 is 0. The highest BCUT2D eigenvalue weighted by Gasteiger charge is 2.13. The molecule has 0 spiro atoms. The van der Waals surface area contributed by atoms with Crippen LogP contribution in [0.1, 0.15) is 23.2 Å². The molecule has 1 fully saturated rings. The fraction of sp³-hybridized carbons (Fsp3) is 0.545. The molecule has 1 aromatic rings. The van der Waals surface area contributed by atoms with E-state index in [9.17, 15) is 4.79 Å². The van der Waals surface area contributed by atoms with E-state index < -0.39 is 5.97 Å². The van der Waals surface area contributed by atoms with Crippen molar-refractivity contribution >= 4 is 11.8 Å². The summed E-state index contributed by atoms with van der Waals surface area (Å²) in [5.41, 5.74) is 0.168. The first-order valence-electron chi connectivity index (χ1n) is 5.78. The maximum absolute atomic E-state index is 10.9. The van der Waals surface area contributed by atoms with Crippen molar-refractivity contribution in [2.45, 2.75) is 12.8 Å². The summed E-state index contributed by atoms with van der Waals surface area (Å²) in [7, 11) is 0. The lowest BCUT2D eigenvalue weighted by Crippen LogP contribution is -2.26. The Labute approximate surface area is 99.7 Å². The molecule has 0 aromatic carbocycles. The summed E-state index contributed by atoms with van der Waals surface area (Å²) in [6.45, 7) is 3.87. The van der Waals surface area contributed by atoms with Crippen molar-refractivity contribution < 1.29 is 9.90 Å². The van der Waals surface area contributed by atoms with Gasteiger partial charge in [-0.3, -0.25) is 0 Å². The minimum atomic E-state index is -0.983. The molecule has 92 valence electrons. The van der Waals surface area contributed by atoms with Gasteiger partial charge in [0, 0.05) is 13.1 Å². The van der Waals surface area contributed by atoms with Crippen LogP contribution < -0.4 is 5.32 Å². The topological polar surface area (TPSA) is 78.3 Å². The van der Waals surface area contributed by atoms with E-state index in [1.165, 1.54) is 25.1 Å². The van der Waals surface area contributed by atoms with E-state index >= 15 is 0 Å². The van der Waals surface area contributed by atoms with E-state index in [0.717, 1.165) is 19.6 Å². The molecule has 0 radical (unpaired) electrons. The second-order valence-corrected chi connectivity index (χ2v) is 4.07. The summed E-state index contributed by atoms with van der Waals surface area (Å²) in [4.78, 5) is 13.3. The Morgan fingerprint density at radius 1 is 1.47 bits per heavy atom. The SMILES string of the molecule is O=C(O)c1ccnnc1NCCN1CCCC1. The standard InChI is InChI=1S/C11H16N4O2/c16-11(17)9-3-4-13-14-10(9)12-5-8-15-6-1-2-7-15/h3-4H,1-2,5-8H2,(H,12,14)(H,16,17). The molecule has 1 saturated heterocycles. The van der Waals surface area contributed by atoms with Crippen molar-refractivity contribution in [3.05, 3.63) is 17.8 Å². The highest BCUT2D eigenvalue weighted by Crippen LogP contribution is 2.10. The second kappa shape index (κ2) is 5.58. The van der Waals surface area contributed by atoms with Gasteiger partial charge in [-0.15, -0.1) is 5.10 Å². The van der Waals surface area contributed by atoms with Crippen molar-refractivity contribution in [2.75, 3.05) is 31.5 Å². The minimum absolute atomic E-state index is 0.168. The van der Waals surface area contributed by atoms with Crippen LogP contribution in [0, 0.1) is 0 Å². The van der Waals surface area contributed by atoms with E-state index in [1.54, 1.807) is 0 Å². The van der Waals surface area contributed by atoms with Gasteiger partial charge in [-0.25, -0.2) is 4.79 Å². The first-order valence-corrected chi connectivity index (χ1v) is 5.78. The lowest BCUT2D eigenvalue weighted by atomic mass is 10.3. The minimum Gasteiger partial charge on any atom is -0.478 e. The number of hydrogen-bond acceptors (Lipinski definition) is 5. The maximum Gasteiger partial charge on any atom is 0.339 e. The summed E-state index contributed by atoms with van der Waals surface area (Å²) in [5.74, 6) is -0.636. The Hall–Kier alpha value is -1.69. The van der Waals surface area contributed by atoms with Gasteiger partial charge in [0.1, 0.15) is 5.56 Å². The molecule has 0 aliphatic carbocycles. The first-order chi connectivity index (χ1) is 8.27. The van der Waals surface area contributed by atoms with E-state index in [1.807, 2.05) is 0 Å². The summed E-state index contributed by atoms with van der Waals surface area (Å²) in [6.07, 6.45) is 3.89. The smallest absolute Gasteiger partial charge is 0.339 e. The third-order valence-corrected chi connectivity index (χ3v) is 2.87. The molecular weight excluding hydrogens is 220 g/mol. The Bertz CT molecular complexity index is 391. The predicted molar refractivity (Wildman–Crippen MR) is 63.2 cm³/mol. The van der Waals surface area contributed by atoms with Crippen LogP contribution in [-0.2, 0) is 0 Å². The van der Waals surface area contributed by atoms with Crippen LogP contribution in [0.5, 0.6) is 0 Å². The third kappa shape index (κ3) is 3.13. The van der Waals surface area contributed by atoms with Crippen molar-refractivity contribution in [3.63, 3.8) is 0 Å². The number of hydrogen-bond donors (Lipinski definition) is 2. The van der Waals surface area contributed by atoms with Crippen LogP contribution in [-0.4, -0.2) is 52.4 Å². The predicted octanol–water partition coefficient (Wildman–Crippen LogP) is 0.682. The molecule has 1 aliphatic rings. The molecule has 2 N–H and O–H groups in total. The van der Waals surface area contributed by atoms with E-state index in [-0.39, 0.29) is 5.56 Å². The van der Waals surface area contributed by atoms with Gasteiger partial charge >= 0.3 is 5.97 Å².